The van der Waals surface area contributed by atoms with E-state index in [-0.39, 0.29) is 5.82 Å². The summed E-state index contributed by atoms with van der Waals surface area (Å²) in [5.74, 6) is -0.310. The zero-order valence-corrected chi connectivity index (χ0v) is 12.9. The maximum atomic E-state index is 13.0. The maximum Gasteiger partial charge on any atom is 0.124 e. The Morgan fingerprint density at radius 1 is 1.42 bits per heavy atom. The molecule has 0 heterocycles. The van der Waals surface area contributed by atoms with Gasteiger partial charge in [-0.1, -0.05) is 35.8 Å². The largest absolute Gasteiger partial charge is 0.303 e. The lowest BCUT2D eigenvalue weighted by Crippen LogP contribution is -2.33. The first kappa shape index (κ1) is 16.1. The first-order valence-corrected chi connectivity index (χ1v) is 7.22. The second-order valence-corrected chi connectivity index (χ2v) is 5.06. The van der Waals surface area contributed by atoms with E-state index < -0.39 is 6.04 Å². The molecule has 1 atom stereocenters. The molecular formula is C14H19BrFN3. The van der Waals surface area contributed by atoms with E-state index in [1.807, 2.05) is 0 Å². The van der Waals surface area contributed by atoms with Crippen LogP contribution in [-0.2, 0) is 0 Å². The Morgan fingerprint density at radius 2 is 2.11 bits per heavy atom. The van der Waals surface area contributed by atoms with Crippen LogP contribution in [0.2, 0.25) is 0 Å². The van der Waals surface area contributed by atoms with Crippen molar-refractivity contribution in [2.45, 2.75) is 19.9 Å². The number of rotatable bonds is 7. The zero-order chi connectivity index (χ0) is 14.3. The summed E-state index contributed by atoms with van der Waals surface area (Å²) < 4.78 is 13.6. The maximum absolute atomic E-state index is 13.0. The highest BCUT2D eigenvalue weighted by atomic mass is 79.9. The van der Waals surface area contributed by atoms with E-state index in [9.17, 15) is 9.65 Å². The van der Waals surface area contributed by atoms with Gasteiger partial charge in [0.15, 0.2) is 0 Å². The van der Waals surface area contributed by atoms with Crippen molar-refractivity contribution < 1.29 is 4.39 Å². The average molecular weight is 328 g/mol. The molecule has 1 unspecified atom stereocenters. The molecule has 0 spiro atoms. The van der Waals surface area contributed by atoms with Gasteiger partial charge in [0, 0.05) is 17.6 Å². The number of benzene rings is 1. The molecule has 0 aromatic heterocycles. The van der Waals surface area contributed by atoms with Gasteiger partial charge in [-0.15, -0.1) is 0 Å². The third-order valence-electron chi connectivity index (χ3n) is 3.07. The summed E-state index contributed by atoms with van der Waals surface area (Å²) in [4.78, 5) is 2.28. The molecule has 19 heavy (non-hydrogen) atoms. The second-order valence-electron chi connectivity index (χ2n) is 4.21. The SMILES string of the molecule is CCN(CC)CCNC(C#N)c1ccc(F)cc1Br. The molecule has 0 amide bonds. The molecule has 0 saturated carbocycles. The molecular weight excluding hydrogens is 309 g/mol. The average Bonchev–Trinajstić information content (AvgIpc) is 2.40. The molecule has 1 N–H and O–H groups in total. The molecule has 3 nitrogen and oxygen atoms in total. The highest BCUT2D eigenvalue weighted by Gasteiger charge is 2.13. The Labute approximate surface area is 122 Å². The number of likely N-dealkylation sites (N-methyl/N-ethyl adjacent to an activating group) is 1. The summed E-state index contributed by atoms with van der Waals surface area (Å²) >= 11 is 3.30. The van der Waals surface area contributed by atoms with Gasteiger partial charge < -0.3 is 4.90 Å². The minimum atomic E-state index is -0.425. The molecule has 0 aliphatic carbocycles. The molecule has 0 radical (unpaired) electrons. The number of halogens is 2. The molecule has 0 aliphatic rings. The van der Waals surface area contributed by atoms with E-state index in [1.165, 1.54) is 12.1 Å². The monoisotopic (exact) mass is 327 g/mol. The molecule has 1 aromatic rings. The quantitative estimate of drug-likeness (QED) is 0.836. The summed E-state index contributed by atoms with van der Waals surface area (Å²) in [5.41, 5.74) is 0.767. The van der Waals surface area contributed by atoms with Gasteiger partial charge >= 0.3 is 0 Å². The standard InChI is InChI=1S/C14H19BrFN3/c1-3-19(4-2)8-7-18-14(10-17)12-6-5-11(16)9-13(12)15/h5-6,9,14,18H,3-4,7-8H2,1-2H3. The lowest BCUT2D eigenvalue weighted by molar-refractivity contribution is 0.300. The highest BCUT2D eigenvalue weighted by Crippen LogP contribution is 2.23. The normalized spacial score (nSPS) is 12.4. The first-order chi connectivity index (χ1) is 9.12. The predicted octanol–water partition coefficient (Wildman–Crippen LogP) is 3.08. The van der Waals surface area contributed by atoms with Crippen LogP contribution in [0.4, 0.5) is 4.39 Å². The van der Waals surface area contributed by atoms with Crippen molar-refractivity contribution in [3.8, 4) is 6.07 Å². The topological polar surface area (TPSA) is 39.1 Å². The molecule has 104 valence electrons. The van der Waals surface area contributed by atoms with Crippen LogP contribution >= 0.6 is 15.9 Å². The van der Waals surface area contributed by atoms with Crippen molar-refractivity contribution in [3.63, 3.8) is 0 Å². The number of nitrogens with zero attached hydrogens (tertiary/aromatic N) is 2. The summed E-state index contributed by atoms with van der Waals surface area (Å²) in [6.07, 6.45) is 0. The fourth-order valence-corrected chi connectivity index (χ4v) is 2.45. The molecule has 5 heteroatoms. The number of hydrogen-bond donors (Lipinski definition) is 1. The number of hydrogen-bond acceptors (Lipinski definition) is 3. The Kier molecular flexibility index (Phi) is 7.00. The molecule has 1 rings (SSSR count). The third-order valence-corrected chi connectivity index (χ3v) is 3.76. The van der Waals surface area contributed by atoms with Crippen LogP contribution in [0.1, 0.15) is 25.5 Å². The molecule has 0 aliphatic heterocycles. The molecule has 0 bridgehead atoms. The van der Waals surface area contributed by atoms with E-state index in [0.717, 1.165) is 31.7 Å². The second kappa shape index (κ2) is 8.26. The van der Waals surface area contributed by atoms with E-state index in [1.54, 1.807) is 6.07 Å². The van der Waals surface area contributed by atoms with Crippen LogP contribution in [0.25, 0.3) is 0 Å². The summed E-state index contributed by atoms with van der Waals surface area (Å²) in [6.45, 7) is 7.84. The number of nitrogens with one attached hydrogen (secondary N) is 1. The summed E-state index contributed by atoms with van der Waals surface area (Å²) in [6, 6.07) is 6.17. The minimum absolute atomic E-state index is 0.310. The Balaban J connectivity index is 2.61. The van der Waals surface area contributed by atoms with Crippen LogP contribution in [-0.4, -0.2) is 31.1 Å². The van der Waals surface area contributed by atoms with Gasteiger partial charge in [0.25, 0.3) is 0 Å². The van der Waals surface area contributed by atoms with E-state index in [0.29, 0.717) is 4.47 Å². The molecule has 0 fully saturated rings. The van der Waals surface area contributed by atoms with Crippen LogP contribution < -0.4 is 5.32 Å². The van der Waals surface area contributed by atoms with Gasteiger partial charge in [0.05, 0.1) is 6.07 Å². The van der Waals surface area contributed by atoms with E-state index in [2.05, 4.69) is 46.1 Å². The van der Waals surface area contributed by atoms with Gasteiger partial charge in [-0.25, -0.2) is 4.39 Å². The van der Waals surface area contributed by atoms with Crippen molar-refractivity contribution >= 4 is 15.9 Å². The molecule has 0 saturated heterocycles. The fraction of sp³-hybridized carbons (Fsp3) is 0.500. The summed E-state index contributed by atoms with van der Waals surface area (Å²) in [7, 11) is 0. The smallest absolute Gasteiger partial charge is 0.124 e. The summed E-state index contributed by atoms with van der Waals surface area (Å²) in [5, 5.41) is 12.4. The predicted molar refractivity (Wildman–Crippen MR) is 78.2 cm³/mol. The Hall–Kier alpha value is -0.960. The minimum Gasteiger partial charge on any atom is -0.303 e. The van der Waals surface area contributed by atoms with Crippen molar-refractivity contribution in [1.82, 2.24) is 10.2 Å². The van der Waals surface area contributed by atoms with E-state index >= 15 is 0 Å². The first-order valence-electron chi connectivity index (χ1n) is 6.42. The van der Waals surface area contributed by atoms with Crippen LogP contribution in [0, 0.1) is 17.1 Å². The van der Waals surface area contributed by atoms with Crippen LogP contribution in [0.3, 0.4) is 0 Å². The zero-order valence-electron chi connectivity index (χ0n) is 11.3. The van der Waals surface area contributed by atoms with E-state index in [4.69, 9.17) is 0 Å². The lowest BCUT2D eigenvalue weighted by Gasteiger charge is -2.20. The van der Waals surface area contributed by atoms with Crippen molar-refractivity contribution in [1.29, 1.82) is 5.26 Å². The Bertz CT molecular complexity index is 441. The third kappa shape index (κ3) is 4.90. The van der Waals surface area contributed by atoms with Crippen LogP contribution in [0.15, 0.2) is 22.7 Å². The highest BCUT2D eigenvalue weighted by molar-refractivity contribution is 9.10. The van der Waals surface area contributed by atoms with Gasteiger partial charge in [-0.3, -0.25) is 5.32 Å². The van der Waals surface area contributed by atoms with Gasteiger partial charge in [0.2, 0.25) is 0 Å². The Morgan fingerprint density at radius 3 is 2.63 bits per heavy atom. The lowest BCUT2D eigenvalue weighted by atomic mass is 10.1. The van der Waals surface area contributed by atoms with Crippen molar-refractivity contribution in [3.05, 3.63) is 34.1 Å². The number of nitriles is 1. The van der Waals surface area contributed by atoms with Crippen molar-refractivity contribution in [2.24, 2.45) is 0 Å². The van der Waals surface area contributed by atoms with Crippen LogP contribution in [0.5, 0.6) is 0 Å². The van der Waals surface area contributed by atoms with Gasteiger partial charge in [0.1, 0.15) is 11.9 Å². The van der Waals surface area contributed by atoms with Gasteiger partial charge in [-0.2, -0.15) is 5.26 Å². The van der Waals surface area contributed by atoms with Gasteiger partial charge in [-0.05, 0) is 30.8 Å². The fourth-order valence-electron chi connectivity index (χ4n) is 1.87. The van der Waals surface area contributed by atoms with Crippen molar-refractivity contribution in [2.75, 3.05) is 26.2 Å². The molecule has 1 aromatic carbocycles.